The van der Waals surface area contributed by atoms with Crippen molar-refractivity contribution in [3.05, 3.63) is 180 Å². The molecule has 2 amide bonds. The van der Waals surface area contributed by atoms with Crippen molar-refractivity contribution in [3.63, 3.8) is 0 Å². The van der Waals surface area contributed by atoms with Crippen molar-refractivity contribution in [2.24, 2.45) is 0 Å². The predicted molar refractivity (Wildman–Crippen MR) is 289 cm³/mol. The maximum atomic E-state index is 14.1. The largest absolute Gasteiger partial charge is 0.344 e. The van der Waals surface area contributed by atoms with E-state index >= 15 is 0 Å². The van der Waals surface area contributed by atoms with E-state index < -0.39 is 0 Å². The quantitative estimate of drug-likeness (QED) is 0.113. The molecule has 6 aromatic rings. The summed E-state index contributed by atoms with van der Waals surface area (Å²) in [5, 5.41) is 13.6. The van der Waals surface area contributed by atoms with Gasteiger partial charge in [-0.2, -0.15) is 0 Å². The molecule has 2 saturated carbocycles. The number of amides is 2. The third kappa shape index (κ3) is 8.80. The van der Waals surface area contributed by atoms with E-state index in [2.05, 4.69) is 125 Å². The summed E-state index contributed by atoms with van der Waals surface area (Å²) in [5.41, 5.74) is 19.0. The van der Waals surface area contributed by atoms with Crippen molar-refractivity contribution in [1.29, 1.82) is 0 Å². The third-order valence-corrected chi connectivity index (χ3v) is 15.9. The van der Waals surface area contributed by atoms with Crippen LogP contribution in [0.1, 0.15) is 163 Å². The van der Waals surface area contributed by atoms with E-state index in [-0.39, 0.29) is 22.6 Å². The van der Waals surface area contributed by atoms with Crippen LogP contribution in [-0.4, -0.2) is 26.8 Å². The molecule has 12 aliphatic rings. The number of nitrogens with one attached hydrogen (secondary N) is 4. The summed E-state index contributed by atoms with van der Waals surface area (Å²) < 4.78 is 0. The second-order valence-electron chi connectivity index (χ2n) is 20.0. The van der Waals surface area contributed by atoms with Gasteiger partial charge in [-0.05, 0) is 178 Å². The normalized spacial score (nSPS) is 17.1. The number of nitrogens with zero attached hydrogens (tertiary/aromatic N) is 1. The minimum absolute atomic E-state index is 0.185. The van der Waals surface area contributed by atoms with Gasteiger partial charge in [0.25, 0.3) is 11.8 Å². The highest BCUT2D eigenvalue weighted by Crippen LogP contribution is 2.49. The topological polar surface area (TPSA) is 95.2 Å². The summed E-state index contributed by atoms with van der Waals surface area (Å²) in [6.45, 7) is 17.0. The molecule has 2 aliphatic carbocycles. The van der Waals surface area contributed by atoms with Gasteiger partial charge < -0.3 is 21.3 Å². The van der Waals surface area contributed by atoms with Crippen LogP contribution in [0, 0.1) is 55.4 Å². The van der Waals surface area contributed by atoms with Crippen molar-refractivity contribution in [2.75, 3.05) is 21.3 Å². The summed E-state index contributed by atoms with van der Waals surface area (Å²) in [6.07, 6.45) is 11.1. The van der Waals surface area contributed by atoms with E-state index in [1.54, 1.807) is 24.3 Å². The average molecular weight is 938 g/mol. The van der Waals surface area contributed by atoms with Gasteiger partial charge in [-0.25, -0.2) is 4.98 Å². The molecular weight excluding hydrogens is 875 g/mol. The molecule has 4 N–H and O–H groups in total. The van der Waals surface area contributed by atoms with Gasteiger partial charge in [-0.15, -0.1) is 0 Å². The molecule has 7 nitrogen and oxygen atoms in total. The molecule has 0 unspecified atom stereocenters. The SMILES string of the molecule is Cc1cc2cc(C)c1NC(=O)c1cccc(c1)C(=O)Nc1c(C)cc(cc1C)C1(CCCCC1)c1cc(C)c(c(C)c1)NC(=S)c1cccc(n1)C(=S)Nc1c(C)cc(cc1C)C21CCCCC1. The lowest BCUT2D eigenvalue weighted by molar-refractivity contribution is 0.102. The van der Waals surface area contributed by atoms with E-state index in [0.29, 0.717) is 32.5 Å². The van der Waals surface area contributed by atoms with Crippen LogP contribution < -0.4 is 21.3 Å². The van der Waals surface area contributed by atoms with Gasteiger partial charge in [0.1, 0.15) is 9.98 Å². The number of benzene rings is 5. The standard InChI is InChI=1S/C59H63N5O2S2/c1-34-25-44-26-35(2)50(34)61-54(65)42-17-15-18-43(33-42)55(66)62-51-36(3)27-45(28-37(51)4)59(23-13-10-14-24-59)47-31-40(7)53(41(8)32-47)64-57(68)49-20-16-19-48(60-49)56(67)63-52-38(5)29-46(30-39(52)6)58(44)21-11-9-12-22-58/h15-20,25-33H,9-14,21-24H2,1-8H3,(H,61,65)(H,62,66)(H,63,67)(H,64,68). The van der Waals surface area contributed by atoms with Crippen LogP contribution in [-0.2, 0) is 10.8 Å². The molecule has 11 heterocycles. The molecule has 18 rings (SSSR count). The Morgan fingerprint density at radius 3 is 0.985 bits per heavy atom. The lowest BCUT2D eigenvalue weighted by atomic mass is 9.64. The van der Waals surface area contributed by atoms with Crippen molar-refractivity contribution in [1.82, 2.24) is 4.98 Å². The van der Waals surface area contributed by atoms with Gasteiger partial charge in [0, 0.05) is 44.7 Å². The molecule has 0 atom stereocenters. The molecule has 0 saturated heterocycles. The van der Waals surface area contributed by atoms with E-state index in [1.807, 2.05) is 18.2 Å². The first kappa shape index (κ1) is 47.1. The first-order valence-corrected chi connectivity index (χ1v) is 25.2. The Morgan fingerprint density at radius 2 is 0.676 bits per heavy atom. The molecular formula is C59H63N5O2S2. The molecule has 348 valence electrons. The molecule has 9 heteroatoms. The Morgan fingerprint density at radius 1 is 0.397 bits per heavy atom. The Hall–Kier alpha value is -6.03. The van der Waals surface area contributed by atoms with Gasteiger partial charge >= 0.3 is 0 Å². The maximum Gasteiger partial charge on any atom is 0.255 e. The van der Waals surface area contributed by atoms with Crippen molar-refractivity contribution in [3.8, 4) is 0 Å². The molecule has 10 aliphatic heterocycles. The lowest BCUT2D eigenvalue weighted by Crippen LogP contribution is -2.31. The Labute approximate surface area is 413 Å². The molecule has 2 spiro atoms. The zero-order chi connectivity index (χ0) is 48.1. The fraction of sp³-hybridized carbons (Fsp3) is 0.339. The number of carbonyl (C=O) groups is 2. The van der Waals surface area contributed by atoms with Crippen LogP contribution in [0.4, 0.5) is 22.7 Å². The third-order valence-electron chi connectivity index (χ3n) is 15.3. The Kier molecular flexibility index (Phi) is 13.0. The fourth-order valence-electron chi connectivity index (χ4n) is 11.8. The van der Waals surface area contributed by atoms with E-state index in [9.17, 15) is 9.59 Å². The minimum atomic E-state index is -0.252. The van der Waals surface area contributed by atoms with Gasteiger partial charge in [-0.1, -0.05) is 124 Å². The predicted octanol–water partition coefficient (Wildman–Crippen LogP) is 14.4. The zero-order valence-corrected chi connectivity index (χ0v) is 42.4. The van der Waals surface area contributed by atoms with E-state index in [0.717, 1.165) is 119 Å². The molecule has 2 fully saturated rings. The molecule has 0 radical (unpaired) electrons. The number of anilines is 4. The highest BCUT2D eigenvalue weighted by Gasteiger charge is 2.39. The van der Waals surface area contributed by atoms with Gasteiger partial charge in [-0.3, -0.25) is 9.59 Å². The highest BCUT2D eigenvalue weighted by atomic mass is 32.1. The molecule has 68 heavy (non-hydrogen) atoms. The highest BCUT2D eigenvalue weighted by molar-refractivity contribution is 7.81. The number of hydrogen-bond acceptors (Lipinski definition) is 5. The second kappa shape index (κ2) is 18.8. The fourth-order valence-corrected chi connectivity index (χ4v) is 12.2. The van der Waals surface area contributed by atoms with Crippen molar-refractivity contribution < 1.29 is 9.59 Å². The van der Waals surface area contributed by atoms with Gasteiger partial charge in [0.2, 0.25) is 0 Å². The van der Waals surface area contributed by atoms with Crippen LogP contribution in [0.25, 0.3) is 0 Å². The Balaban J connectivity index is 1.14. The zero-order valence-electron chi connectivity index (χ0n) is 40.8. The van der Waals surface area contributed by atoms with Crippen LogP contribution in [0.15, 0.2) is 91.0 Å². The smallest absolute Gasteiger partial charge is 0.255 e. The first-order chi connectivity index (χ1) is 32.6. The molecule has 12 bridgehead atoms. The second-order valence-corrected chi connectivity index (χ2v) is 20.8. The number of pyridine rings is 1. The van der Waals surface area contributed by atoms with Crippen molar-refractivity contribution in [2.45, 2.75) is 130 Å². The summed E-state index contributed by atoms with van der Waals surface area (Å²) >= 11 is 12.2. The number of carbonyl (C=O) groups excluding carboxylic acids is 2. The minimum Gasteiger partial charge on any atom is -0.344 e. The van der Waals surface area contributed by atoms with Crippen LogP contribution in [0.2, 0.25) is 0 Å². The molecule has 5 aromatic carbocycles. The number of thiocarbonyl (C=S) groups is 2. The number of hydrogen-bond donors (Lipinski definition) is 4. The van der Waals surface area contributed by atoms with Crippen LogP contribution in [0.3, 0.4) is 0 Å². The summed E-state index contributed by atoms with van der Waals surface area (Å²) in [4.78, 5) is 34.2. The lowest BCUT2D eigenvalue weighted by Gasteiger charge is -2.40. The average Bonchev–Trinajstić information content (AvgIpc) is 3.33. The first-order valence-electron chi connectivity index (χ1n) is 24.4. The maximum absolute atomic E-state index is 14.1. The van der Waals surface area contributed by atoms with Crippen LogP contribution in [0.5, 0.6) is 0 Å². The summed E-state index contributed by atoms with van der Waals surface area (Å²) in [5.74, 6) is -0.504. The number of aromatic nitrogens is 1. The van der Waals surface area contributed by atoms with Gasteiger partial charge in [0.05, 0.1) is 11.4 Å². The van der Waals surface area contributed by atoms with E-state index in [1.165, 1.54) is 35.1 Å². The Bertz CT molecular complexity index is 2570. The monoisotopic (exact) mass is 937 g/mol. The summed E-state index contributed by atoms with van der Waals surface area (Å²) in [7, 11) is 0. The van der Waals surface area contributed by atoms with E-state index in [4.69, 9.17) is 29.4 Å². The summed E-state index contributed by atoms with van der Waals surface area (Å²) in [6, 6.07) is 31.3. The van der Waals surface area contributed by atoms with Gasteiger partial charge in [0.15, 0.2) is 0 Å². The van der Waals surface area contributed by atoms with Crippen LogP contribution >= 0.6 is 24.4 Å². The number of aryl methyl sites for hydroxylation is 8. The number of rotatable bonds is 0. The van der Waals surface area contributed by atoms with Crippen molar-refractivity contribution >= 4 is 69.0 Å². The molecule has 1 aromatic heterocycles.